The summed E-state index contributed by atoms with van der Waals surface area (Å²) in [5.41, 5.74) is 4.99. The maximum absolute atomic E-state index is 11.5. The van der Waals surface area contributed by atoms with Crippen LogP contribution in [0, 0.1) is 10.4 Å². The Morgan fingerprint density at radius 2 is 1.50 bits per heavy atom. The summed E-state index contributed by atoms with van der Waals surface area (Å²) in [5.74, 6) is 0. The lowest BCUT2D eigenvalue weighted by molar-refractivity contribution is -0.996. The summed E-state index contributed by atoms with van der Waals surface area (Å²) in [5, 5.41) is 43.1. The maximum Gasteiger partial charge on any atom is 0.195 e. The van der Waals surface area contributed by atoms with Crippen LogP contribution in [0.5, 0.6) is 0 Å². The second kappa shape index (κ2) is 9.04. The Morgan fingerprint density at radius 3 is 2.11 bits per heavy atom. The molecule has 3 aromatic carbocycles. The van der Waals surface area contributed by atoms with E-state index in [4.69, 9.17) is 5.21 Å². The molecule has 0 aliphatic heterocycles. The van der Waals surface area contributed by atoms with Gasteiger partial charge in [0.1, 0.15) is 5.69 Å². The standard InChI is InChI=1S/C19H17BrN4O4/c20-15-8-6-14(7-9-15)19(13-4-2-1-3-5-13)22-21-17-11-10-16(23(25)26)12-18(17)24(27)28/h1-12,21,23-25,27H. The summed E-state index contributed by atoms with van der Waals surface area (Å²) in [7, 11) is 0. The van der Waals surface area contributed by atoms with Gasteiger partial charge in [-0.1, -0.05) is 58.4 Å². The maximum atomic E-state index is 11.5. The largest absolute Gasteiger partial charge is 0.595 e. The van der Waals surface area contributed by atoms with Crippen LogP contribution >= 0.6 is 15.9 Å². The van der Waals surface area contributed by atoms with Crippen LogP contribution in [0.3, 0.4) is 0 Å². The summed E-state index contributed by atoms with van der Waals surface area (Å²) >= 11 is 3.40. The van der Waals surface area contributed by atoms with Gasteiger partial charge in [-0.05, 0) is 18.2 Å². The van der Waals surface area contributed by atoms with Crippen molar-refractivity contribution in [3.05, 3.63) is 98.8 Å². The Morgan fingerprint density at radius 1 is 0.857 bits per heavy atom. The van der Waals surface area contributed by atoms with Crippen molar-refractivity contribution < 1.29 is 20.9 Å². The van der Waals surface area contributed by atoms with E-state index in [1.807, 2.05) is 54.6 Å². The molecule has 0 amide bonds. The highest BCUT2D eigenvalue weighted by molar-refractivity contribution is 9.10. The molecule has 0 spiro atoms. The highest BCUT2D eigenvalue weighted by Gasteiger charge is 2.14. The van der Waals surface area contributed by atoms with E-state index in [0.29, 0.717) is 5.71 Å². The SMILES string of the molecule is [O-][NH+](O)c1ccc(NN=C(c2ccccc2)c2ccc(Br)cc2)c([NH+]([O-])O)c1. The molecule has 0 aliphatic rings. The van der Waals surface area contributed by atoms with Gasteiger partial charge in [-0.3, -0.25) is 5.43 Å². The first-order valence-electron chi connectivity index (χ1n) is 8.21. The molecule has 9 heteroatoms. The molecule has 0 aliphatic carbocycles. The van der Waals surface area contributed by atoms with Crippen LogP contribution in [0.2, 0.25) is 0 Å². The van der Waals surface area contributed by atoms with Crippen LogP contribution in [0.25, 0.3) is 0 Å². The van der Waals surface area contributed by atoms with Crippen LogP contribution in [0.1, 0.15) is 11.1 Å². The third-order valence-electron chi connectivity index (χ3n) is 3.95. The molecular formula is C19H17BrN4O4. The molecule has 3 rings (SSSR count). The predicted octanol–water partition coefficient (Wildman–Crippen LogP) is 2.12. The normalized spacial score (nSPS) is 13.8. The van der Waals surface area contributed by atoms with Crippen LogP contribution in [0.15, 0.2) is 82.4 Å². The van der Waals surface area contributed by atoms with Crippen molar-refractivity contribution in [1.29, 1.82) is 0 Å². The smallest absolute Gasteiger partial charge is 0.195 e. The lowest BCUT2D eigenvalue weighted by atomic mass is 10.0. The Labute approximate surface area is 169 Å². The van der Waals surface area contributed by atoms with Crippen molar-refractivity contribution in [3.8, 4) is 0 Å². The van der Waals surface area contributed by atoms with Crippen LogP contribution in [-0.2, 0) is 0 Å². The van der Waals surface area contributed by atoms with Gasteiger partial charge in [-0.2, -0.15) is 15.6 Å². The molecule has 8 nitrogen and oxygen atoms in total. The number of hydrazone groups is 1. The van der Waals surface area contributed by atoms with E-state index in [9.17, 15) is 15.6 Å². The van der Waals surface area contributed by atoms with Gasteiger partial charge in [0.25, 0.3) is 0 Å². The summed E-state index contributed by atoms with van der Waals surface area (Å²) in [6.07, 6.45) is 0. The number of nitrogens with zero attached hydrogens (tertiary/aromatic N) is 1. The van der Waals surface area contributed by atoms with Crippen molar-refractivity contribution in [2.24, 2.45) is 5.10 Å². The number of anilines is 1. The quantitative estimate of drug-likeness (QED) is 0.294. The Hall–Kier alpha value is -2.63. The van der Waals surface area contributed by atoms with Crippen molar-refractivity contribution in [3.63, 3.8) is 0 Å². The summed E-state index contributed by atoms with van der Waals surface area (Å²) in [6, 6.07) is 20.8. The molecule has 28 heavy (non-hydrogen) atoms. The molecule has 2 unspecified atom stereocenters. The van der Waals surface area contributed by atoms with Gasteiger partial charge < -0.3 is 10.4 Å². The number of rotatable bonds is 6. The molecule has 0 saturated carbocycles. The highest BCUT2D eigenvalue weighted by atomic mass is 79.9. The van der Waals surface area contributed by atoms with E-state index in [1.54, 1.807) is 0 Å². The second-order valence-corrected chi connectivity index (χ2v) is 6.73. The fourth-order valence-corrected chi connectivity index (χ4v) is 2.83. The zero-order valence-corrected chi connectivity index (χ0v) is 16.1. The van der Waals surface area contributed by atoms with E-state index in [1.165, 1.54) is 12.1 Å². The lowest BCUT2D eigenvalue weighted by Crippen LogP contribution is -3.00. The van der Waals surface area contributed by atoms with Crippen LogP contribution < -0.4 is 15.9 Å². The van der Waals surface area contributed by atoms with Crippen molar-refractivity contribution in [2.75, 3.05) is 5.43 Å². The van der Waals surface area contributed by atoms with E-state index >= 15 is 0 Å². The van der Waals surface area contributed by atoms with Gasteiger partial charge in [0.05, 0.1) is 11.8 Å². The summed E-state index contributed by atoms with van der Waals surface area (Å²) in [6.45, 7) is 0. The second-order valence-electron chi connectivity index (χ2n) is 5.82. The van der Waals surface area contributed by atoms with Gasteiger partial charge in [-0.25, -0.2) is 10.4 Å². The molecular weight excluding hydrogens is 428 g/mol. The van der Waals surface area contributed by atoms with Crippen molar-refractivity contribution in [1.82, 2.24) is 0 Å². The molecule has 5 N–H and O–H groups in total. The number of hydrogen-bond donors (Lipinski definition) is 5. The molecule has 2 atom stereocenters. The zero-order chi connectivity index (χ0) is 20.1. The molecule has 0 bridgehead atoms. The van der Waals surface area contributed by atoms with Crippen LogP contribution in [-0.4, -0.2) is 16.1 Å². The number of benzene rings is 3. The van der Waals surface area contributed by atoms with Crippen LogP contribution in [0.4, 0.5) is 17.1 Å². The van der Waals surface area contributed by atoms with E-state index in [-0.39, 0.29) is 17.1 Å². The Balaban J connectivity index is 2.01. The fourth-order valence-electron chi connectivity index (χ4n) is 2.57. The van der Waals surface area contributed by atoms with Gasteiger partial charge in [0.2, 0.25) is 0 Å². The summed E-state index contributed by atoms with van der Waals surface area (Å²) < 4.78 is 0.925. The first kappa shape index (κ1) is 20.1. The molecule has 0 radical (unpaired) electrons. The Kier molecular flexibility index (Phi) is 6.49. The third-order valence-corrected chi connectivity index (χ3v) is 4.48. The van der Waals surface area contributed by atoms with Gasteiger partial charge in [0, 0.05) is 21.7 Å². The number of hydrogen-bond acceptors (Lipinski definition) is 6. The van der Waals surface area contributed by atoms with Gasteiger partial charge >= 0.3 is 0 Å². The Bertz CT molecular complexity index is 963. The molecule has 0 saturated heterocycles. The highest BCUT2D eigenvalue weighted by Crippen LogP contribution is 2.22. The fraction of sp³-hybridized carbons (Fsp3) is 0. The number of halogens is 1. The minimum Gasteiger partial charge on any atom is -0.595 e. The molecule has 0 heterocycles. The van der Waals surface area contributed by atoms with E-state index in [2.05, 4.69) is 26.5 Å². The van der Waals surface area contributed by atoms with E-state index in [0.717, 1.165) is 21.7 Å². The average Bonchev–Trinajstić information content (AvgIpc) is 2.70. The van der Waals surface area contributed by atoms with Gasteiger partial charge in [0.15, 0.2) is 11.4 Å². The monoisotopic (exact) mass is 444 g/mol. The van der Waals surface area contributed by atoms with Crippen molar-refractivity contribution in [2.45, 2.75) is 0 Å². The number of nitrogens with one attached hydrogen (secondary N) is 3. The lowest BCUT2D eigenvalue weighted by Gasteiger charge is -2.18. The first-order valence-corrected chi connectivity index (χ1v) is 9.00. The minimum absolute atomic E-state index is 0.108. The summed E-state index contributed by atoms with van der Waals surface area (Å²) in [4.78, 5) is 0. The first-order chi connectivity index (χ1) is 13.5. The van der Waals surface area contributed by atoms with Crippen molar-refractivity contribution >= 4 is 38.7 Å². The average molecular weight is 445 g/mol. The van der Waals surface area contributed by atoms with Gasteiger partial charge in [-0.15, -0.1) is 0 Å². The minimum atomic E-state index is -1.24. The van der Waals surface area contributed by atoms with E-state index < -0.39 is 10.5 Å². The molecule has 3 aromatic rings. The molecule has 144 valence electrons. The molecule has 0 aromatic heterocycles. The topological polar surface area (TPSA) is 120 Å². The molecule has 0 fully saturated rings. The third kappa shape index (κ3) is 4.80. The zero-order valence-electron chi connectivity index (χ0n) is 14.5. The predicted molar refractivity (Wildman–Crippen MR) is 108 cm³/mol. The number of quaternary nitrogens is 2.